The van der Waals surface area contributed by atoms with Gasteiger partial charge in [-0.05, 0) is 50.6 Å². The van der Waals surface area contributed by atoms with E-state index in [4.69, 9.17) is 11.6 Å². The second kappa shape index (κ2) is 5.23. The monoisotopic (exact) mass is 264 g/mol. The minimum atomic E-state index is -0.359. The van der Waals surface area contributed by atoms with E-state index in [0.29, 0.717) is 0 Å². The molecule has 0 atom stereocenters. The number of isocyanates is 1. The lowest BCUT2D eigenvalue weighted by atomic mass is 9.72. The van der Waals surface area contributed by atoms with Crippen molar-refractivity contribution in [3.05, 3.63) is 34.3 Å². The van der Waals surface area contributed by atoms with E-state index in [1.165, 1.54) is 0 Å². The van der Waals surface area contributed by atoms with Crippen LogP contribution in [0.1, 0.15) is 30.4 Å². The van der Waals surface area contributed by atoms with E-state index in [1.54, 1.807) is 6.08 Å². The molecule has 18 heavy (non-hydrogen) atoms. The van der Waals surface area contributed by atoms with Crippen LogP contribution in [-0.2, 0) is 16.9 Å². The highest BCUT2D eigenvalue weighted by atomic mass is 35.5. The standard InChI is InChI=1S/C14H17ClN2O/c1-17(2)9-11-4-5-12(8-13(11)15)14(16-10-18)6-3-7-14/h4-5,8H,3,6-7,9H2,1-2H3. The van der Waals surface area contributed by atoms with Crippen LogP contribution < -0.4 is 0 Å². The van der Waals surface area contributed by atoms with Gasteiger partial charge in [0.15, 0.2) is 0 Å². The average Bonchev–Trinajstić information content (AvgIpc) is 2.26. The van der Waals surface area contributed by atoms with Crippen molar-refractivity contribution in [2.45, 2.75) is 31.3 Å². The van der Waals surface area contributed by atoms with Crippen LogP contribution in [0.3, 0.4) is 0 Å². The Hall–Kier alpha value is -1.15. The summed E-state index contributed by atoms with van der Waals surface area (Å²) in [5.41, 5.74) is 1.77. The zero-order valence-electron chi connectivity index (χ0n) is 10.7. The molecule has 0 heterocycles. The summed E-state index contributed by atoms with van der Waals surface area (Å²) in [5.74, 6) is 0. The molecule has 0 spiro atoms. The molecular formula is C14H17ClN2O. The number of nitrogens with zero attached hydrogens (tertiary/aromatic N) is 2. The molecule has 0 N–H and O–H groups in total. The number of hydrogen-bond donors (Lipinski definition) is 0. The molecule has 0 radical (unpaired) electrons. The van der Waals surface area contributed by atoms with Gasteiger partial charge in [-0.25, -0.2) is 4.79 Å². The molecule has 0 unspecified atom stereocenters. The molecule has 1 aliphatic carbocycles. The highest BCUT2D eigenvalue weighted by Gasteiger charge is 2.39. The van der Waals surface area contributed by atoms with Gasteiger partial charge in [-0.3, -0.25) is 0 Å². The minimum Gasteiger partial charge on any atom is -0.305 e. The van der Waals surface area contributed by atoms with Crippen molar-refractivity contribution in [1.29, 1.82) is 0 Å². The van der Waals surface area contributed by atoms with Gasteiger partial charge in [0.2, 0.25) is 6.08 Å². The molecule has 1 aliphatic rings. The quantitative estimate of drug-likeness (QED) is 0.618. The fourth-order valence-corrected chi connectivity index (χ4v) is 2.61. The van der Waals surface area contributed by atoms with Crippen LogP contribution >= 0.6 is 11.6 Å². The van der Waals surface area contributed by atoms with E-state index >= 15 is 0 Å². The summed E-state index contributed by atoms with van der Waals surface area (Å²) in [6, 6.07) is 6.00. The van der Waals surface area contributed by atoms with Gasteiger partial charge in [0.25, 0.3) is 0 Å². The second-order valence-electron chi connectivity index (χ2n) is 5.13. The molecule has 1 aromatic rings. The molecule has 0 saturated heterocycles. The van der Waals surface area contributed by atoms with E-state index in [0.717, 1.165) is 42.0 Å². The predicted molar refractivity (Wildman–Crippen MR) is 72.5 cm³/mol. The lowest BCUT2D eigenvalue weighted by Crippen LogP contribution is -2.31. The first-order valence-electron chi connectivity index (χ1n) is 6.10. The van der Waals surface area contributed by atoms with Gasteiger partial charge in [-0.2, -0.15) is 4.99 Å². The van der Waals surface area contributed by atoms with E-state index in [2.05, 4.69) is 9.89 Å². The van der Waals surface area contributed by atoms with Crippen LogP contribution in [0.2, 0.25) is 5.02 Å². The molecule has 0 bridgehead atoms. The van der Waals surface area contributed by atoms with Crippen molar-refractivity contribution in [1.82, 2.24) is 4.90 Å². The number of halogens is 1. The number of carbonyl (C=O) groups excluding carboxylic acids is 1. The van der Waals surface area contributed by atoms with Gasteiger partial charge in [-0.1, -0.05) is 23.7 Å². The highest BCUT2D eigenvalue weighted by molar-refractivity contribution is 6.31. The molecule has 0 amide bonds. The van der Waals surface area contributed by atoms with Crippen molar-refractivity contribution < 1.29 is 4.79 Å². The Morgan fingerprint density at radius 2 is 2.17 bits per heavy atom. The molecule has 96 valence electrons. The summed E-state index contributed by atoms with van der Waals surface area (Å²) < 4.78 is 0. The molecule has 2 rings (SSSR count). The third-order valence-corrected chi connectivity index (χ3v) is 3.87. The number of rotatable bonds is 4. The van der Waals surface area contributed by atoms with E-state index in [-0.39, 0.29) is 5.54 Å². The van der Waals surface area contributed by atoms with Gasteiger partial charge < -0.3 is 4.90 Å². The van der Waals surface area contributed by atoms with Crippen LogP contribution in [-0.4, -0.2) is 25.1 Å². The third kappa shape index (κ3) is 2.49. The van der Waals surface area contributed by atoms with Crippen LogP contribution in [0.15, 0.2) is 23.2 Å². The molecular weight excluding hydrogens is 248 g/mol. The Morgan fingerprint density at radius 3 is 2.61 bits per heavy atom. The lowest BCUT2D eigenvalue weighted by molar-refractivity contribution is 0.256. The highest BCUT2D eigenvalue weighted by Crippen LogP contribution is 2.45. The molecule has 3 nitrogen and oxygen atoms in total. The molecule has 0 aliphatic heterocycles. The predicted octanol–water partition coefficient (Wildman–Crippen LogP) is 3.12. The van der Waals surface area contributed by atoms with Crippen molar-refractivity contribution in [2.24, 2.45) is 4.99 Å². The number of benzene rings is 1. The largest absolute Gasteiger partial charge is 0.305 e. The fraction of sp³-hybridized carbons (Fsp3) is 0.500. The summed E-state index contributed by atoms with van der Waals surface area (Å²) >= 11 is 6.29. The van der Waals surface area contributed by atoms with E-state index < -0.39 is 0 Å². The SMILES string of the molecule is CN(C)Cc1ccc(C2(N=C=O)CCC2)cc1Cl. The van der Waals surface area contributed by atoms with Crippen molar-refractivity contribution in [3.63, 3.8) is 0 Å². The topological polar surface area (TPSA) is 32.7 Å². The maximum absolute atomic E-state index is 10.6. The van der Waals surface area contributed by atoms with E-state index in [9.17, 15) is 4.79 Å². The maximum atomic E-state index is 10.6. The second-order valence-corrected chi connectivity index (χ2v) is 5.54. The molecule has 1 aromatic carbocycles. The lowest BCUT2D eigenvalue weighted by Gasteiger charge is -2.37. The van der Waals surface area contributed by atoms with Crippen molar-refractivity contribution in [2.75, 3.05) is 14.1 Å². The van der Waals surface area contributed by atoms with E-state index in [1.807, 2.05) is 32.3 Å². The summed E-state index contributed by atoms with van der Waals surface area (Å²) in [4.78, 5) is 16.6. The van der Waals surface area contributed by atoms with Crippen molar-refractivity contribution in [3.8, 4) is 0 Å². The summed E-state index contributed by atoms with van der Waals surface area (Å²) in [6.45, 7) is 0.809. The first-order valence-corrected chi connectivity index (χ1v) is 6.48. The Bertz CT molecular complexity index is 489. The smallest absolute Gasteiger partial charge is 0.235 e. The molecule has 1 fully saturated rings. The Morgan fingerprint density at radius 1 is 1.44 bits per heavy atom. The van der Waals surface area contributed by atoms with Gasteiger partial charge in [0.05, 0.1) is 5.54 Å². The van der Waals surface area contributed by atoms with Gasteiger partial charge in [0.1, 0.15) is 0 Å². The Kier molecular flexibility index (Phi) is 3.86. The first kappa shape index (κ1) is 13.3. The van der Waals surface area contributed by atoms with Crippen LogP contribution in [0, 0.1) is 0 Å². The van der Waals surface area contributed by atoms with Gasteiger partial charge in [0, 0.05) is 11.6 Å². The summed E-state index contributed by atoms with van der Waals surface area (Å²) in [6.07, 6.45) is 4.62. The molecule has 4 heteroatoms. The molecule has 1 saturated carbocycles. The first-order chi connectivity index (χ1) is 8.57. The van der Waals surface area contributed by atoms with Gasteiger partial charge in [-0.15, -0.1) is 0 Å². The fourth-order valence-electron chi connectivity index (χ4n) is 2.37. The normalized spacial score (nSPS) is 17.1. The van der Waals surface area contributed by atoms with Crippen molar-refractivity contribution >= 4 is 17.7 Å². The number of aliphatic imine (C=N–C) groups is 1. The average molecular weight is 265 g/mol. The Labute approximate surface area is 112 Å². The Balaban J connectivity index is 2.31. The number of hydrogen-bond acceptors (Lipinski definition) is 3. The summed E-state index contributed by atoms with van der Waals surface area (Å²) in [5, 5.41) is 0.744. The molecule has 0 aromatic heterocycles. The van der Waals surface area contributed by atoms with Gasteiger partial charge >= 0.3 is 0 Å². The minimum absolute atomic E-state index is 0.359. The maximum Gasteiger partial charge on any atom is 0.235 e. The van der Waals surface area contributed by atoms with Crippen LogP contribution in [0.4, 0.5) is 0 Å². The zero-order valence-corrected chi connectivity index (χ0v) is 11.5. The summed E-state index contributed by atoms with van der Waals surface area (Å²) in [7, 11) is 4.02. The third-order valence-electron chi connectivity index (χ3n) is 3.52. The van der Waals surface area contributed by atoms with Crippen LogP contribution in [0.5, 0.6) is 0 Å². The zero-order chi connectivity index (χ0) is 13.2. The van der Waals surface area contributed by atoms with Crippen LogP contribution in [0.25, 0.3) is 0 Å².